The molecule has 0 amide bonds. The summed E-state index contributed by atoms with van der Waals surface area (Å²) >= 11 is 0. The minimum Gasteiger partial charge on any atom is -0.486 e. The smallest absolute Gasteiger partial charge is 0.134 e. The van der Waals surface area contributed by atoms with Crippen molar-refractivity contribution in [1.29, 1.82) is 0 Å². The molecule has 0 bridgehead atoms. The average Bonchev–Trinajstić information content (AvgIpc) is 2.58. The third kappa shape index (κ3) is 1.49. The SMILES string of the molecule is CCO/N=C1/COc2ccccc21. The topological polar surface area (TPSA) is 30.8 Å². The summed E-state index contributed by atoms with van der Waals surface area (Å²) in [6.45, 7) is 3.01. The number of ether oxygens (including phenoxy) is 1. The van der Waals surface area contributed by atoms with Crippen LogP contribution < -0.4 is 4.74 Å². The number of fused-ring (bicyclic) bond motifs is 1. The van der Waals surface area contributed by atoms with E-state index in [1.165, 1.54) is 0 Å². The van der Waals surface area contributed by atoms with Crippen LogP contribution in [0.2, 0.25) is 0 Å². The average molecular weight is 177 g/mol. The first-order valence-corrected chi connectivity index (χ1v) is 4.33. The molecular formula is C10H11NO2. The number of oxime groups is 1. The summed E-state index contributed by atoms with van der Waals surface area (Å²) in [5.41, 5.74) is 1.91. The van der Waals surface area contributed by atoms with E-state index in [9.17, 15) is 0 Å². The lowest BCUT2D eigenvalue weighted by atomic mass is 10.1. The summed E-state index contributed by atoms with van der Waals surface area (Å²) in [5.74, 6) is 0.890. The maximum atomic E-state index is 5.40. The Bertz CT molecular complexity index is 333. The zero-order valence-corrected chi connectivity index (χ0v) is 7.49. The van der Waals surface area contributed by atoms with Gasteiger partial charge in [0.05, 0.1) is 0 Å². The molecule has 0 unspecified atom stereocenters. The maximum absolute atomic E-state index is 5.40. The molecule has 0 saturated heterocycles. The lowest BCUT2D eigenvalue weighted by Crippen LogP contribution is -2.03. The third-order valence-corrected chi connectivity index (χ3v) is 1.87. The van der Waals surface area contributed by atoms with Gasteiger partial charge < -0.3 is 9.57 Å². The predicted molar refractivity (Wildman–Crippen MR) is 50.1 cm³/mol. The van der Waals surface area contributed by atoms with E-state index in [4.69, 9.17) is 9.57 Å². The van der Waals surface area contributed by atoms with Gasteiger partial charge in [-0.3, -0.25) is 0 Å². The number of benzene rings is 1. The van der Waals surface area contributed by atoms with Crippen molar-refractivity contribution in [2.45, 2.75) is 6.92 Å². The summed E-state index contributed by atoms with van der Waals surface area (Å²) < 4.78 is 5.40. The molecule has 0 fully saturated rings. The Hall–Kier alpha value is -1.51. The number of rotatable bonds is 2. The van der Waals surface area contributed by atoms with Crippen LogP contribution in [0.25, 0.3) is 0 Å². The molecule has 1 aromatic carbocycles. The number of nitrogens with zero attached hydrogens (tertiary/aromatic N) is 1. The van der Waals surface area contributed by atoms with Crippen LogP contribution in [0, 0.1) is 0 Å². The summed E-state index contributed by atoms with van der Waals surface area (Å²) in [6.07, 6.45) is 0. The van der Waals surface area contributed by atoms with E-state index in [0.29, 0.717) is 13.2 Å². The molecule has 68 valence electrons. The minimum atomic E-state index is 0.513. The molecule has 0 aromatic heterocycles. The molecule has 0 N–H and O–H groups in total. The fraction of sp³-hybridized carbons (Fsp3) is 0.300. The van der Waals surface area contributed by atoms with Crippen molar-refractivity contribution in [2.75, 3.05) is 13.2 Å². The highest BCUT2D eigenvalue weighted by atomic mass is 16.6. The largest absolute Gasteiger partial charge is 0.486 e. The van der Waals surface area contributed by atoms with E-state index in [1.807, 2.05) is 31.2 Å². The van der Waals surface area contributed by atoms with E-state index in [0.717, 1.165) is 17.0 Å². The fourth-order valence-electron chi connectivity index (χ4n) is 1.27. The van der Waals surface area contributed by atoms with Gasteiger partial charge in [0.25, 0.3) is 0 Å². The van der Waals surface area contributed by atoms with Gasteiger partial charge in [-0.2, -0.15) is 0 Å². The lowest BCUT2D eigenvalue weighted by molar-refractivity contribution is 0.158. The van der Waals surface area contributed by atoms with Gasteiger partial charge in [0.2, 0.25) is 0 Å². The van der Waals surface area contributed by atoms with Crippen LogP contribution in [0.3, 0.4) is 0 Å². The van der Waals surface area contributed by atoms with E-state index in [1.54, 1.807) is 0 Å². The van der Waals surface area contributed by atoms with Crippen molar-refractivity contribution in [3.63, 3.8) is 0 Å². The summed E-state index contributed by atoms with van der Waals surface area (Å²) in [4.78, 5) is 4.98. The number of hydrogen-bond donors (Lipinski definition) is 0. The number of para-hydroxylation sites is 1. The van der Waals surface area contributed by atoms with Crippen molar-refractivity contribution < 1.29 is 9.57 Å². The minimum absolute atomic E-state index is 0.513. The van der Waals surface area contributed by atoms with E-state index < -0.39 is 0 Å². The Labute approximate surface area is 77.0 Å². The zero-order chi connectivity index (χ0) is 9.10. The first kappa shape index (κ1) is 8.10. The molecule has 2 rings (SSSR count). The summed E-state index contributed by atoms with van der Waals surface area (Å²) in [6, 6.07) is 7.83. The molecule has 0 aliphatic carbocycles. The highest BCUT2D eigenvalue weighted by molar-refractivity contribution is 6.05. The van der Waals surface area contributed by atoms with Gasteiger partial charge in [0.15, 0.2) is 0 Å². The highest BCUT2D eigenvalue weighted by Gasteiger charge is 2.18. The van der Waals surface area contributed by atoms with E-state index >= 15 is 0 Å². The van der Waals surface area contributed by atoms with Crippen LogP contribution in [-0.4, -0.2) is 18.9 Å². The molecule has 3 nitrogen and oxygen atoms in total. The van der Waals surface area contributed by atoms with Gasteiger partial charge >= 0.3 is 0 Å². The second kappa shape index (κ2) is 3.47. The Balaban J connectivity index is 2.28. The highest BCUT2D eigenvalue weighted by Crippen LogP contribution is 2.24. The van der Waals surface area contributed by atoms with Crippen molar-refractivity contribution in [3.05, 3.63) is 29.8 Å². The number of hydrogen-bond acceptors (Lipinski definition) is 3. The lowest BCUT2D eigenvalue weighted by Gasteiger charge is -1.95. The molecule has 0 radical (unpaired) electrons. The van der Waals surface area contributed by atoms with Crippen LogP contribution in [0.4, 0.5) is 0 Å². The van der Waals surface area contributed by atoms with Crippen LogP contribution in [0.1, 0.15) is 12.5 Å². The first-order valence-electron chi connectivity index (χ1n) is 4.33. The molecule has 1 aliphatic rings. The van der Waals surface area contributed by atoms with Gasteiger partial charge in [-0.25, -0.2) is 0 Å². The van der Waals surface area contributed by atoms with Crippen LogP contribution in [0.5, 0.6) is 5.75 Å². The maximum Gasteiger partial charge on any atom is 0.134 e. The van der Waals surface area contributed by atoms with Crippen LogP contribution in [-0.2, 0) is 4.84 Å². The van der Waals surface area contributed by atoms with Gasteiger partial charge in [0.1, 0.15) is 24.7 Å². The van der Waals surface area contributed by atoms with Crippen LogP contribution in [0.15, 0.2) is 29.4 Å². The Morgan fingerprint density at radius 2 is 2.31 bits per heavy atom. The molecule has 0 atom stereocenters. The Morgan fingerprint density at radius 1 is 1.46 bits per heavy atom. The second-order valence-corrected chi connectivity index (χ2v) is 2.74. The third-order valence-electron chi connectivity index (χ3n) is 1.87. The monoisotopic (exact) mass is 177 g/mol. The predicted octanol–water partition coefficient (Wildman–Crippen LogP) is 1.82. The van der Waals surface area contributed by atoms with Gasteiger partial charge in [-0.05, 0) is 19.1 Å². The summed E-state index contributed by atoms with van der Waals surface area (Å²) in [5, 5.41) is 3.97. The Kier molecular flexibility index (Phi) is 2.17. The quantitative estimate of drug-likeness (QED) is 0.645. The van der Waals surface area contributed by atoms with Gasteiger partial charge in [-0.15, -0.1) is 0 Å². The van der Waals surface area contributed by atoms with Crippen molar-refractivity contribution >= 4 is 5.71 Å². The first-order chi connectivity index (χ1) is 6.42. The Morgan fingerprint density at radius 3 is 3.15 bits per heavy atom. The molecule has 0 spiro atoms. The van der Waals surface area contributed by atoms with E-state index in [2.05, 4.69) is 5.16 Å². The normalized spacial score (nSPS) is 16.8. The molecule has 13 heavy (non-hydrogen) atoms. The van der Waals surface area contributed by atoms with Gasteiger partial charge in [0, 0.05) is 5.56 Å². The standard InChI is InChI=1S/C10H11NO2/c1-2-13-11-9-7-12-10-6-4-3-5-8(9)10/h3-6H,2,7H2,1H3/b11-9-. The van der Waals surface area contributed by atoms with Crippen molar-refractivity contribution in [2.24, 2.45) is 5.16 Å². The summed E-state index contributed by atoms with van der Waals surface area (Å²) in [7, 11) is 0. The molecule has 1 aliphatic heterocycles. The molecule has 3 heteroatoms. The van der Waals surface area contributed by atoms with Gasteiger partial charge in [-0.1, -0.05) is 17.3 Å². The second-order valence-electron chi connectivity index (χ2n) is 2.74. The van der Waals surface area contributed by atoms with Crippen molar-refractivity contribution in [3.8, 4) is 5.75 Å². The zero-order valence-electron chi connectivity index (χ0n) is 7.49. The van der Waals surface area contributed by atoms with E-state index in [-0.39, 0.29) is 0 Å². The van der Waals surface area contributed by atoms with Crippen molar-refractivity contribution in [1.82, 2.24) is 0 Å². The molecular weight excluding hydrogens is 166 g/mol. The molecule has 0 saturated carbocycles. The molecule has 1 aromatic rings. The fourth-order valence-corrected chi connectivity index (χ4v) is 1.27. The van der Waals surface area contributed by atoms with Crippen LogP contribution >= 0.6 is 0 Å². The molecule has 1 heterocycles.